The maximum absolute atomic E-state index is 6.60. The number of ether oxygens (including phenoxy) is 2. The lowest BCUT2D eigenvalue weighted by Crippen LogP contribution is -2.34. The number of hydrogen-bond acceptors (Lipinski definition) is 2. The summed E-state index contributed by atoms with van der Waals surface area (Å²) in [5.41, 5.74) is 6.58. The lowest BCUT2D eigenvalue weighted by molar-refractivity contribution is -0.0629. The Morgan fingerprint density at radius 3 is 2.64 bits per heavy atom. The molecule has 0 amide bonds. The van der Waals surface area contributed by atoms with Crippen LogP contribution in [0.3, 0.4) is 0 Å². The monoisotopic (exact) mass is 376 g/mol. The molecule has 2 nitrogen and oxygen atoms in total. The summed E-state index contributed by atoms with van der Waals surface area (Å²) in [6, 6.07) is 15.0. The molecule has 0 aliphatic heterocycles. The van der Waals surface area contributed by atoms with Gasteiger partial charge in [-0.05, 0) is 92.2 Å². The van der Waals surface area contributed by atoms with Crippen LogP contribution < -0.4 is 4.74 Å². The molecule has 2 aromatic rings. The van der Waals surface area contributed by atoms with E-state index in [0.717, 1.165) is 18.6 Å². The molecule has 28 heavy (non-hydrogen) atoms. The average Bonchev–Trinajstić information content (AvgIpc) is 2.71. The summed E-state index contributed by atoms with van der Waals surface area (Å²) in [4.78, 5) is 0. The Balaban J connectivity index is 1.73. The smallest absolute Gasteiger partial charge is 0.119 e. The molecule has 0 bridgehead atoms. The van der Waals surface area contributed by atoms with Crippen molar-refractivity contribution < 1.29 is 9.47 Å². The van der Waals surface area contributed by atoms with Gasteiger partial charge in [-0.15, -0.1) is 6.58 Å². The van der Waals surface area contributed by atoms with Crippen molar-refractivity contribution in [2.45, 2.75) is 70.0 Å². The Morgan fingerprint density at radius 2 is 1.93 bits per heavy atom. The molecule has 0 radical (unpaired) electrons. The van der Waals surface area contributed by atoms with Gasteiger partial charge in [-0.25, -0.2) is 0 Å². The summed E-state index contributed by atoms with van der Waals surface area (Å²) in [6.45, 7) is 9.23. The van der Waals surface area contributed by atoms with Crippen LogP contribution in [0, 0.1) is 0 Å². The zero-order valence-corrected chi connectivity index (χ0v) is 17.5. The fourth-order valence-corrected chi connectivity index (χ4v) is 5.17. The van der Waals surface area contributed by atoms with Crippen LogP contribution in [-0.4, -0.2) is 7.11 Å². The summed E-state index contributed by atoms with van der Waals surface area (Å²) in [6.07, 6.45) is 5.86. The van der Waals surface area contributed by atoms with E-state index in [9.17, 15) is 0 Å². The molecule has 0 fully saturated rings. The zero-order valence-electron chi connectivity index (χ0n) is 17.5. The Hall–Kier alpha value is -2.06. The third-order valence-corrected chi connectivity index (χ3v) is 6.67. The summed E-state index contributed by atoms with van der Waals surface area (Å²) in [5.74, 6) is 2.16. The molecule has 0 unspecified atom stereocenters. The molecular weight excluding hydrogens is 344 g/mol. The van der Waals surface area contributed by atoms with E-state index in [1.807, 2.05) is 0 Å². The second-order valence-electron chi connectivity index (χ2n) is 8.85. The topological polar surface area (TPSA) is 18.5 Å². The van der Waals surface area contributed by atoms with E-state index in [1.165, 1.54) is 41.5 Å². The highest BCUT2D eigenvalue weighted by Gasteiger charge is 2.41. The molecule has 3 atom stereocenters. The highest BCUT2D eigenvalue weighted by Crippen LogP contribution is 2.53. The van der Waals surface area contributed by atoms with Gasteiger partial charge in [0.15, 0.2) is 0 Å². The van der Waals surface area contributed by atoms with Crippen molar-refractivity contribution in [2.24, 2.45) is 0 Å². The Morgan fingerprint density at radius 1 is 1.14 bits per heavy atom. The van der Waals surface area contributed by atoms with Crippen LogP contribution in [0.1, 0.15) is 80.0 Å². The second-order valence-corrected chi connectivity index (χ2v) is 8.85. The van der Waals surface area contributed by atoms with Gasteiger partial charge in [0.1, 0.15) is 5.75 Å². The van der Waals surface area contributed by atoms with Gasteiger partial charge in [-0.3, -0.25) is 0 Å². The maximum Gasteiger partial charge on any atom is 0.119 e. The van der Waals surface area contributed by atoms with Gasteiger partial charge in [0.25, 0.3) is 0 Å². The molecule has 0 saturated heterocycles. The highest BCUT2D eigenvalue weighted by molar-refractivity contribution is 5.51. The van der Waals surface area contributed by atoms with E-state index in [1.54, 1.807) is 12.7 Å². The van der Waals surface area contributed by atoms with Crippen LogP contribution in [0.5, 0.6) is 5.75 Å². The van der Waals surface area contributed by atoms with E-state index in [0.29, 0.717) is 18.4 Å². The van der Waals surface area contributed by atoms with Gasteiger partial charge in [0.2, 0.25) is 0 Å². The van der Waals surface area contributed by atoms with E-state index in [2.05, 4.69) is 62.9 Å². The molecular formula is C26H32O2. The minimum Gasteiger partial charge on any atom is -0.497 e. The molecule has 4 rings (SSSR count). The molecule has 0 aromatic heterocycles. The van der Waals surface area contributed by atoms with Crippen molar-refractivity contribution in [2.75, 3.05) is 7.11 Å². The van der Waals surface area contributed by atoms with Crippen LogP contribution in [-0.2, 0) is 16.9 Å². The Bertz CT molecular complexity index is 854. The summed E-state index contributed by atoms with van der Waals surface area (Å²) in [7, 11) is 1.77. The average molecular weight is 377 g/mol. The first-order chi connectivity index (χ1) is 13.5. The van der Waals surface area contributed by atoms with Crippen molar-refractivity contribution in [1.82, 2.24) is 0 Å². The van der Waals surface area contributed by atoms with E-state index in [4.69, 9.17) is 9.47 Å². The highest BCUT2D eigenvalue weighted by atomic mass is 16.5. The third-order valence-electron chi connectivity index (χ3n) is 6.67. The lowest BCUT2D eigenvalue weighted by Gasteiger charge is -2.44. The normalized spacial score (nSPS) is 25.8. The van der Waals surface area contributed by atoms with Gasteiger partial charge < -0.3 is 9.47 Å². The molecule has 148 valence electrons. The van der Waals surface area contributed by atoms with Crippen LogP contribution in [0.15, 0.2) is 54.6 Å². The first-order valence-electron chi connectivity index (χ1n) is 10.5. The van der Waals surface area contributed by atoms with E-state index >= 15 is 0 Å². The molecule has 2 aliphatic rings. The van der Waals surface area contributed by atoms with Crippen LogP contribution in [0.4, 0.5) is 0 Å². The predicted molar refractivity (Wildman–Crippen MR) is 115 cm³/mol. The standard InChI is InChI=1S/C26H32O2/c1-18(2)14-21-11-10-20-12-13-26(3,28-17-19-8-6-5-7-9-19)24-16-22(27-4)15-23(21)25(20)24/h5-9,15-16,20-21H,1,10-14,17H2,2-4H3/t20-,21+,26-/m0/s1. The maximum atomic E-state index is 6.60. The summed E-state index contributed by atoms with van der Waals surface area (Å²) >= 11 is 0. The quantitative estimate of drug-likeness (QED) is 0.513. The Labute approximate surface area is 169 Å². The number of rotatable bonds is 6. The first kappa shape index (κ1) is 19.3. The molecule has 2 aliphatic carbocycles. The van der Waals surface area contributed by atoms with E-state index in [-0.39, 0.29) is 5.60 Å². The number of benzene rings is 2. The van der Waals surface area contributed by atoms with Crippen LogP contribution in [0.25, 0.3) is 0 Å². The van der Waals surface area contributed by atoms with Crippen molar-refractivity contribution >= 4 is 0 Å². The van der Waals surface area contributed by atoms with Crippen molar-refractivity contribution in [1.29, 1.82) is 0 Å². The SMILES string of the molecule is C=C(C)C[C@H]1CC[C@H]2CC[C@](C)(OCc3ccccc3)c3cc(OC)cc1c32. The van der Waals surface area contributed by atoms with Crippen LogP contribution >= 0.6 is 0 Å². The van der Waals surface area contributed by atoms with Gasteiger partial charge in [0.05, 0.1) is 19.3 Å². The van der Waals surface area contributed by atoms with E-state index < -0.39 is 0 Å². The molecule has 0 saturated carbocycles. The van der Waals surface area contributed by atoms with Gasteiger partial charge >= 0.3 is 0 Å². The lowest BCUT2D eigenvalue weighted by atomic mass is 9.65. The Kier molecular flexibility index (Phi) is 5.33. The van der Waals surface area contributed by atoms with Gasteiger partial charge in [-0.1, -0.05) is 35.9 Å². The van der Waals surface area contributed by atoms with Crippen molar-refractivity contribution in [3.8, 4) is 5.75 Å². The number of hydrogen-bond donors (Lipinski definition) is 0. The van der Waals surface area contributed by atoms with Crippen molar-refractivity contribution in [3.63, 3.8) is 0 Å². The third kappa shape index (κ3) is 3.63. The summed E-state index contributed by atoms with van der Waals surface area (Å²) in [5, 5.41) is 0. The molecule has 0 spiro atoms. The minimum absolute atomic E-state index is 0.268. The largest absolute Gasteiger partial charge is 0.497 e. The predicted octanol–water partition coefficient (Wildman–Crippen LogP) is 6.85. The second kappa shape index (κ2) is 7.75. The first-order valence-corrected chi connectivity index (χ1v) is 10.5. The van der Waals surface area contributed by atoms with Gasteiger partial charge in [0, 0.05) is 0 Å². The number of allylic oxidation sites excluding steroid dienone is 1. The molecule has 0 heterocycles. The molecule has 0 N–H and O–H groups in total. The van der Waals surface area contributed by atoms with Crippen molar-refractivity contribution in [3.05, 3.63) is 76.9 Å². The fraction of sp³-hybridized carbons (Fsp3) is 0.462. The summed E-state index contributed by atoms with van der Waals surface area (Å²) < 4.78 is 12.3. The molecule has 2 heteroatoms. The molecule has 2 aromatic carbocycles. The fourth-order valence-electron chi connectivity index (χ4n) is 5.17. The number of methoxy groups -OCH3 is 1. The minimum atomic E-state index is -0.268. The zero-order chi connectivity index (χ0) is 19.7. The van der Waals surface area contributed by atoms with Gasteiger partial charge in [-0.2, -0.15) is 0 Å². The van der Waals surface area contributed by atoms with Crippen LogP contribution in [0.2, 0.25) is 0 Å².